The summed E-state index contributed by atoms with van der Waals surface area (Å²) in [6, 6.07) is 5.19. The molecule has 0 fully saturated rings. The van der Waals surface area contributed by atoms with Crippen molar-refractivity contribution in [2.75, 3.05) is 31.3 Å². The number of hydrogen-bond donors (Lipinski definition) is 3. The molecule has 0 heterocycles. The molecule has 1 aromatic rings. The molecule has 1 atom stereocenters. The topological polar surface area (TPSA) is 78.6 Å². The first kappa shape index (κ1) is 17.3. The number of aliphatic hydroxyl groups excluding tert-OH is 1. The van der Waals surface area contributed by atoms with Crippen LogP contribution in [-0.2, 0) is 0 Å². The number of carbonyl (C=O) groups is 1. The van der Waals surface area contributed by atoms with Crippen LogP contribution >= 0.6 is 0 Å². The van der Waals surface area contributed by atoms with Gasteiger partial charge in [-0.15, -0.1) is 0 Å². The minimum atomic E-state index is -0.166. The highest BCUT2D eigenvalue weighted by molar-refractivity contribution is 5.96. The zero-order valence-corrected chi connectivity index (χ0v) is 13.6. The second-order valence-electron chi connectivity index (χ2n) is 6.57. The Balaban J connectivity index is 2.91. The van der Waals surface area contributed by atoms with Crippen molar-refractivity contribution in [3.05, 3.63) is 23.8 Å². The van der Waals surface area contributed by atoms with Crippen LogP contribution in [-0.4, -0.2) is 37.8 Å². The predicted molar refractivity (Wildman–Crippen MR) is 87.6 cm³/mol. The maximum absolute atomic E-state index is 12.3. The number of rotatable bonds is 5. The van der Waals surface area contributed by atoms with Gasteiger partial charge in [0.2, 0.25) is 0 Å². The van der Waals surface area contributed by atoms with Crippen molar-refractivity contribution in [3.63, 3.8) is 0 Å². The number of carbonyl (C=O) groups excluding carboxylic acids is 1. The largest absolute Gasteiger partial charge is 0.397 e. The van der Waals surface area contributed by atoms with Crippen molar-refractivity contribution in [2.45, 2.75) is 33.2 Å². The number of nitrogen functional groups attached to an aromatic ring is 1. The van der Waals surface area contributed by atoms with Gasteiger partial charge in [0.05, 0.1) is 11.4 Å². The maximum atomic E-state index is 12.3. The second kappa shape index (κ2) is 6.80. The van der Waals surface area contributed by atoms with Crippen LogP contribution in [0.1, 0.15) is 37.6 Å². The standard InChI is InChI=1S/C16H27N3O2/c1-16(2,3)14(8-9-20)18-15(21)11-6-7-13(19(4)5)12(17)10-11/h6-7,10,14,20H,8-9,17H2,1-5H3,(H,18,21). The molecule has 0 radical (unpaired) electrons. The van der Waals surface area contributed by atoms with Gasteiger partial charge in [-0.25, -0.2) is 0 Å². The molecule has 1 aromatic carbocycles. The third kappa shape index (κ3) is 4.63. The molecule has 0 saturated carbocycles. The van der Waals surface area contributed by atoms with E-state index in [1.807, 2.05) is 45.8 Å². The minimum absolute atomic E-state index is 0.0456. The summed E-state index contributed by atoms with van der Waals surface area (Å²) in [7, 11) is 3.81. The summed E-state index contributed by atoms with van der Waals surface area (Å²) in [4.78, 5) is 14.3. The number of anilines is 2. The van der Waals surface area contributed by atoms with Gasteiger partial charge in [-0.2, -0.15) is 0 Å². The molecule has 0 aliphatic heterocycles. The molecule has 5 heteroatoms. The Bertz CT molecular complexity index is 493. The summed E-state index contributed by atoms with van der Waals surface area (Å²) in [6.45, 7) is 6.16. The first-order valence-electron chi connectivity index (χ1n) is 7.15. The summed E-state index contributed by atoms with van der Waals surface area (Å²) < 4.78 is 0. The van der Waals surface area contributed by atoms with Crippen molar-refractivity contribution in [3.8, 4) is 0 Å². The number of aliphatic hydroxyl groups is 1. The molecule has 0 aromatic heterocycles. The number of nitrogens with two attached hydrogens (primary N) is 1. The van der Waals surface area contributed by atoms with E-state index in [9.17, 15) is 4.79 Å². The van der Waals surface area contributed by atoms with Gasteiger partial charge in [0.1, 0.15) is 0 Å². The van der Waals surface area contributed by atoms with Crippen molar-refractivity contribution in [2.24, 2.45) is 5.41 Å². The van der Waals surface area contributed by atoms with Gasteiger partial charge in [0, 0.05) is 32.3 Å². The molecule has 0 spiro atoms. The van der Waals surface area contributed by atoms with Crippen LogP contribution in [0, 0.1) is 5.41 Å². The predicted octanol–water partition coefficient (Wildman–Crippen LogP) is 1.86. The number of amides is 1. The molecule has 1 unspecified atom stereocenters. The summed E-state index contributed by atoms with van der Waals surface area (Å²) in [6.07, 6.45) is 0.528. The van der Waals surface area contributed by atoms with Crippen LogP contribution in [0.3, 0.4) is 0 Å². The van der Waals surface area contributed by atoms with Crippen molar-refractivity contribution in [1.29, 1.82) is 0 Å². The number of benzene rings is 1. The van der Waals surface area contributed by atoms with Crippen LogP contribution < -0.4 is 16.0 Å². The average molecular weight is 293 g/mol. The molecule has 118 valence electrons. The van der Waals surface area contributed by atoms with Gasteiger partial charge >= 0.3 is 0 Å². The number of nitrogens with one attached hydrogen (secondary N) is 1. The molecule has 21 heavy (non-hydrogen) atoms. The third-order valence-corrected chi connectivity index (χ3v) is 3.54. The van der Waals surface area contributed by atoms with E-state index in [2.05, 4.69) is 5.32 Å². The van der Waals surface area contributed by atoms with Gasteiger partial charge in [-0.05, 0) is 30.0 Å². The highest BCUT2D eigenvalue weighted by Gasteiger charge is 2.26. The van der Waals surface area contributed by atoms with E-state index >= 15 is 0 Å². The quantitative estimate of drug-likeness (QED) is 0.724. The van der Waals surface area contributed by atoms with Crippen LogP contribution in [0.2, 0.25) is 0 Å². The SMILES string of the molecule is CN(C)c1ccc(C(=O)NC(CCO)C(C)(C)C)cc1N. The fraction of sp³-hybridized carbons (Fsp3) is 0.562. The lowest BCUT2D eigenvalue weighted by molar-refractivity contribution is 0.0885. The van der Waals surface area contributed by atoms with Crippen molar-refractivity contribution < 1.29 is 9.90 Å². The van der Waals surface area contributed by atoms with Crippen molar-refractivity contribution in [1.82, 2.24) is 5.32 Å². The van der Waals surface area contributed by atoms with E-state index < -0.39 is 0 Å². The Labute approximate surface area is 127 Å². The summed E-state index contributed by atoms with van der Waals surface area (Å²) >= 11 is 0. The molecule has 1 rings (SSSR count). The average Bonchev–Trinajstić information content (AvgIpc) is 2.36. The van der Waals surface area contributed by atoms with Gasteiger partial charge in [0.15, 0.2) is 0 Å². The lowest BCUT2D eigenvalue weighted by atomic mass is 9.84. The molecule has 0 bridgehead atoms. The molecule has 1 amide bonds. The van der Waals surface area contributed by atoms with Gasteiger partial charge in [-0.3, -0.25) is 4.79 Å². The van der Waals surface area contributed by atoms with Crippen LogP contribution in [0.25, 0.3) is 0 Å². The monoisotopic (exact) mass is 293 g/mol. The van der Waals surface area contributed by atoms with Gasteiger partial charge in [-0.1, -0.05) is 20.8 Å². The number of hydrogen-bond acceptors (Lipinski definition) is 4. The second-order valence-corrected chi connectivity index (χ2v) is 6.57. The highest BCUT2D eigenvalue weighted by Crippen LogP contribution is 2.24. The van der Waals surface area contributed by atoms with E-state index in [1.165, 1.54) is 0 Å². The van der Waals surface area contributed by atoms with E-state index in [1.54, 1.807) is 12.1 Å². The summed E-state index contributed by atoms with van der Waals surface area (Å²) in [5.41, 5.74) is 7.84. The molecule has 0 aliphatic carbocycles. The van der Waals surface area contributed by atoms with Crippen molar-refractivity contribution >= 4 is 17.3 Å². The van der Waals surface area contributed by atoms with Gasteiger partial charge < -0.3 is 21.1 Å². The smallest absolute Gasteiger partial charge is 0.251 e. The molecule has 5 nitrogen and oxygen atoms in total. The molecule has 0 saturated heterocycles. The van der Waals surface area contributed by atoms with Crippen LogP contribution in [0.4, 0.5) is 11.4 Å². The van der Waals surface area contributed by atoms with E-state index in [-0.39, 0.29) is 24.0 Å². The minimum Gasteiger partial charge on any atom is -0.397 e. The Morgan fingerprint density at radius 2 is 2.00 bits per heavy atom. The third-order valence-electron chi connectivity index (χ3n) is 3.54. The zero-order chi connectivity index (χ0) is 16.2. The Kier molecular flexibility index (Phi) is 5.61. The first-order valence-corrected chi connectivity index (χ1v) is 7.15. The molecular formula is C16H27N3O2. The molecule has 4 N–H and O–H groups in total. The Morgan fingerprint density at radius 3 is 2.43 bits per heavy atom. The normalized spacial score (nSPS) is 12.9. The highest BCUT2D eigenvalue weighted by atomic mass is 16.3. The summed E-state index contributed by atoms with van der Waals surface area (Å²) in [5.74, 6) is -0.166. The van der Waals surface area contributed by atoms with E-state index in [4.69, 9.17) is 10.8 Å². The fourth-order valence-electron chi connectivity index (χ4n) is 2.20. The zero-order valence-electron chi connectivity index (χ0n) is 13.6. The summed E-state index contributed by atoms with van der Waals surface area (Å²) in [5, 5.41) is 12.1. The molecule has 0 aliphatic rings. The fourth-order valence-corrected chi connectivity index (χ4v) is 2.20. The van der Waals surface area contributed by atoms with E-state index in [0.29, 0.717) is 17.7 Å². The van der Waals surface area contributed by atoms with E-state index in [0.717, 1.165) is 5.69 Å². The maximum Gasteiger partial charge on any atom is 0.251 e. The Hall–Kier alpha value is -1.75. The van der Waals surface area contributed by atoms with Crippen LogP contribution in [0.5, 0.6) is 0 Å². The van der Waals surface area contributed by atoms with Crippen LogP contribution in [0.15, 0.2) is 18.2 Å². The first-order chi connectivity index (χ1) is 9.66. The van der Waals surface area contributed by atoms with Gasteiger partial charge in [0.25, 0.3) is 5.91 Å². The Morgan fingerprint density at radius 1 is 1.38 bits per heavy atom. The lowest BCUT2D eigenvalue weighted by Crippen LogP contribution is -2.44. The lowest BCUT2D eigenvalue weighted by Gasteiger charge is -2.31. The number of nitrogens with zero attached hydrogens (tertiary/aromatic N) is 1. The molecular weight excluding hydrogens is 266 g/mol.